The minimum Gasteiger partial charge on any atom is -0.468 e. The number of methoxy groups -OCH3 is 1. The topological polar surface area (TPSA) is 84.4 Å². The van der Waals surface area contributed by atoms with Crippen LogP contribution in [0.25, 0.3) is 10.6 Å². The Bertz CT molecular complexity index is 998. The lowest BCUT2D eigenvalue weighted by Gasteiger charge is -2.38. The van der Waals surface area contributed by atoms with Crippen molar-refractivity contribution in [1.82, 2.24) is 10.2 Å². The SMILES string of the molecule is COC(=O)C1C(C)=NC2=C(C(=O)CC(C)(C)C2)[C@@H]1c1cn[nH]c1-c1cccs1. The first kappa shape index (κ1) is 18.8. The van der Waals surface area contributed by atoms with Gasteiger partial charge in [0, 0.05) is 34.9 Å². The minimum atomic E-state index is -0.634. The van der Waals surface area contributed by atoms with Crippen LogP contribution in [0.5, 0.6) is 0 Å². The van der Waals surface area contributed by atoms with Crippen LogP contribution in [-0.4, -0.2) is 34.8 Å². The van der Waals surface area contributed by atoms with Crippen molar-refractivity contribution in [1.29, 1.82) is 0 Å². The molecule has 6 nitrogen and oxygen atoms in total. The van der Waals surface area contributed by atoms with Gasteiger partial charge in [0.2, 0.25) is 0 Å². The summed E-state index contributed by atoms with van der Waals surface area (Å²) in [5.74, 6) is -1.40. The fourth-order valence-electron chi connectivity index (χ4n) is 4.36. The van der Waals surface area contributed by atoms with Crippen molar-refractivity contribution in [3.63, 3.8) is 0 Å². The van der Waals surface area contributed by atoms with Crippen molar-refractivity contribution in [3.8, 4) is 10.6 Å². The van der Waals surface area contributed by atoms with Crippen molar-refractivity contribution >= 4 is 28.8 Å². The van der Waals surface area contributed by atoms with Gasteiger partial charge in [-0.05, 0) is 30.2 Å². The van der Waals surface area contributed by atoms with E-state index < -0.39 is 11.8 Å². The van der Waals surface area contributed by atoms with Gasteiger partial charge in [0.05, 0.1) is 23.9 Å². The second-order valence-corrected chi connectivity index (χ2v) is 9.16. The number of Topliss-reactive ketones (excluding diaryl/α,β-unsaturated/α-hetero) is 1. The molecule has 0 radical (unpaired) electrons. The summed E-state index contributed by atoms with van der Waals surface area (Å²) >= 11 is 1.59. The number of aromatic nitrogens is 2. The summed E-state index contributed by atoms with van der Waals surface area (Å²) in [6, 6.07) is 3.97. The number of nitrogens with one attached hydrogen (secondary N) is 1. The molecule has 0 saturated carbocycles. The Hall–Kier alpha value is -2.54. The lowest BCUT2D eigenvalue weighted by atomic mass is 9.67. The van der Waals surface area contributed by atoms with Crippen LogP contribution in [0.1, 0.15) is 45.1 Å². The summed E-state index contributed by atoms with van der Waals surface area (Å²) < 4.78 is 5.09. The van der Waals surface area contributed by atoms with E-state index in [2.05, 4.69) is 24.0 Å². The zero-order valence-electron chi connectivity index (χ0n) is 16.4. The Morgan fingerprint density at radius 1 is 1.36 bits per heavy atom. The van der Waals surface area contributed by atoms with E-state index in [1.807, 2.05) is 24.4 Å². The van der Waals surface area contributed by atoms with Crippen LogP contribution in [0.15, 0.2) is 40.0 Å². The predicted octanol–water partition coefficient (Wildman–Crippen LogP) is 4.13. The summed E-state index contributed by atoms with van der Waals surface area (Å²) in [7, 11) is 1.37. The van der Waals surface area contributed by atoms with E-state index >= 15 is 0 Å². The molecular formula is C21H23N3O3S. The highest BCUT2D eigenvalue weighted by Gasteiger charge is 2.47. The molecular weight excluding hydrogens is 374 g/mol. The summed E-state index contributed by atoms with van der Waals surface area (Å²) in [4.78, 5) is 31.6. The summed E-state index contributed by atoms with van der Waals surface area (Å²) in [5, 5.41) is 9.29. The molecule has 0 spiro atoms. The molecule has 7 heteroatoms. The van der Waals surface area contributed by atoms with Crippen molar-refractivity contribution in [2.75, 3.05) is 7.11 Å². The third-order valence-corrected chi connectivity index (χ3v) is 6.42. The highest BCUT2D eigenvalue weighted by atomic mass is 32.1. The van der Waals surface area contributed by atoms with Gasteiger partial charge in [-0.2, -0.15) is 5.10 Å². The molecule has 1 N–H and O–H groups in total. The standard InChI is InChI=1S/C21H23N3O3S/c1-11-16(20(26)27-4)17(12-10-22-24-19(12)15-6-5-7-28-15)18-13(23-11)8-21(2,3)9-14(18)25/h5-7,10,16-17H,8-9H2,1-4H3,(H,22,24)/t16?,17-/m1/s1. The summed E-state index contributed by atoms with van der Waals surface area (Å²) in [5.41, 5.74) is 3.65. The van der Waals surface area contributed by atoms with Gasteiger partial charge in [0.1, 0.15) is 5.92 Å². The number of ketones is 1. The summed E-state index contributed by atoms with van der Waals surface area (Å²) in [6.45, 7) is 6.00. The highest BCUT2D eigenvalue weighted by molar-refractivity contribution is 7.13. The number of hydrogen-bond donors (Lipinski definition) is 1. The van der Waals surface area contributed by atoms with Gasteiger partial charge in [-0.15, -0.1) is 11.3 Å². The van der Waals surface area contributed by atoms with Crippen molar-refractivity contribution in [3.05, 3.63) is 40.5 Å². The molecule has 146 valence electrons. The lowest BCUT2D eigenvalue weighted by molar-refractivity contribution is -0.143. The molecule has 2 aliphatic rings. The van der Waals surface area contributed by atoms with Crippen molar-refractivity contribution in [2.24, 2.45) is 16.3 Å². The third kappa shape index (κ3) is 3.03. The Morgan fingerprint density at radius 2 is 2.14 bits per heavy atom. The Morgan fingerprint density at radius 3 is 2.82 bits per heavy atom. The number of thiophene rings is 1. The number of allylic oxidation sites excluding steroid dienone is 2. The zero-order chi connectivity index (χ0) is 20.1. The minimum absolute atomic E-state index is 0.0553. The molecule has 0 amide bonds. The van der Waals surface area contributed by atoms with Crippen LogP contribution in [0.3, 0.4) is 0 Å². The average molecular weight is 398 g/mol. The van der Waals surface area contributed by atoms with Crippen LogP contribution in [0.4, 0.5) is 0 Å². The van der Waals surface area contributed by atoms with Gasteiger partial charge in [0.15, 0.2) is 5.78 Å². The van der Waals surface area contributed by atoms with Gasteiger partial charge in [-0.1, -0.05) is 19.9 Å². The van der Waals surface area contributed by atoms with Gasteiger partial charge in [-0.25, -0.2) is 0 Å². The van der Waals surface area contributed by atoms with Crippen molar-refractivity contribution in [2.45, 2.75) is 39.5 Å². The number of H-pyrrole nitrogens is 1. The molecule has 2 atom stereocenters. The molecule has 0 fully saturated rings. The fraction of sp³-hybridized carbons (Fsp3) is 0.429. The maximum Gasteiger partial charge on any atom is 0.315 e. The number of nitrogens with zero attached hydrogens (tertiary/aromatic N) is 2. The van der Waals surface area contributed by atoms with E-state index in [0.717, 1.165) is 21.8 Å². The Labute approximate surface area is 167 Å². The Kier molecular flexibility index (Phi) is 4.57. The van der Waals surface area contributed by atoms with E-state index in [-0.39, 0.29) is 17.2 Å². The van der Waals surface area contributed by atoms with E-state index in [0.29, 0.717) is 24.1 Å². The first-order chi connectivity index (χ1) is 13.3. The van der Waals surface area contributed by atoms with Crippen molar-refractivity contribution < 1.29 is 14.3 Å². The summed E-state index contributed by atoms with van der Waals surface area (Å²) in [6.07, 6.45) is 2.88. The van der Waals surface area contributed by atoms with E-state index in [1.165, 1.54) is 7.11 Å². The second-order valence-electron chi connectivity index (χ2n) is 8.21. The van der Waals surface area contributed by atoms with Gasteiger partial charge >= 0.3 is 5.97 Å². The molecule has 1 unspecified atom stereocenters. The molecule has 1 aliphatic carbocycles. The fourth-order valence-corrected chi connectivity index (χ4v) is 5.11. The molecule has 0 aromatic carbocycles. The zero-order valence-corrected chi connectivity index (χ0v) is 17.2. The highest BCUT2D eigenvalue weighted by Crippen LogP contribution is 2.49. The van der Waals surface area contributed by atoms with Gasteiger partial charge in [0.25, 0.3) is 0 Å². The molecule has 0 bridgehead atoms. The van der Waals surface area contributed by atoms with Gasteiger partial charge < -0.3 is 4.74 Å². The average Bonchev–Trinajstić information content (AvgIpc) is 3.29. The predicted molar refractivity (Wildman–Crippen MR) is 108 cm³/mol. The van der Waals surface area contributed by atoms with E-state index in [1.54, 1.807) is 17.5 Å². The molecule has 2 aromatic rings. The maximum absolute atomic E-state index is 13.2. The number of ether oxygens (including phenoxy) is 1. The van der Waals surface area contributed by atoms with Crippen LogP contribution in [-0.2, 0) is 14.3 Å². The number of esters is 1. The van der Waals surface area contributed by atoms with Crippen LogP contribution in [0.2, 0.25) is 0 Å². The lowest BCUT2D eigenvalue weighted by Crippen LogP contribution is -2.39. The second kappa shape index (κ2) is 6.81. The number of aliphatic imine (C=N–C) groups is 1. The van der Waals surface area contributed by atoms with Crippen LogP contribution in [0, 0.1) is 11.3 Å². The number of rotatable bonds is 3. The number of aromatic amines is 1. The largest absolute Gasteiger partial charge is 0.468 e. The Balaban J connectivity index is 1.92. The first-order valence-electron chi connectivity index (χ1n) is 9.29. The number of hydrogen-bond acceptors (Lipinski definition) is 6. The molecule has 28 heavy (non-hydrogen) atoms. The molecule has 2 aromatic heterocycles. The van der Waals surface area contributed by atoms with E-state index in [9.17, 15) is 9.59 Å². The van der Waals surface area contributed by atoms with E-state index in [4.69, 9.17) is 9.73 Å². The molecule has 0 saturated heterocycles. The number of carbonyl (C=O) groups is 2. The van der Waals surface area contributed by atoms with Crippen LogP contribution < -0.4 is 0 Å². The first-order valence-corrected chi connectivity index (χ1v) is 10.2. The monoisotopic (exact) mass is 397 g/mol. The van der Waals surface area contributed by atoms with Gasteiger partial charge in [-0.3, -0.25) is 19.7 Å². The molecule has 4 rings (SSSR count). The van der Waals surface area contributed by atoms with Crippen LogP contribution >= 0.6 is 11.3 Å². The maximum atomic E-state index is 13.2. The quantitative estimate of drug-likeness (QED) is 0.789. The molecule has 3 heterocycles. The third-order valence-electron chi connectivity index (χ3n) is 5.53. The number of carbonyl (C=O) groups excluding carboxylic acids is 2. The molecule has 1 aliphatic heterocycles. The smallest absolute Gasteiger partial charge is 0.315 e. The normalized spacial score (nSPS) is 24.0.